The third-order valence-corrected chi connectivity index (χ3v) is 3.86. The Morgan fingerprint density at radius 2 is 1.88 bits per heavy atom. The van der Waals surface area contributed by atoms with Crippen LogP contribution in [0.5, 0.6) is 0 Å². The number of hydrogen-bond acceptors (Lipinski definition) is 5. The lowest BCUT2D eigenvalue weighted by Crippen LogP contribution is -2.47. The van der Waals surface area contributed by atoms with Gasteiger partial charge in [0.05, 0.1) is 18.1 Å². The van der Waals surface area contributed by atoms with Crippen LogP contribution in [-0.4, -0.2) is 58.9 Å². The highest BCUT2D eigenvalue weighted by atomic mass is 19.1. The van der Waals surface area contributed by atoms with E-state index in [1.165, 1.54) is 18.5 Å². The van der Waals surface area contributed by atoms with E-state index in [9.17, 15) is 13.6 Å². The first-order chi connectivity index (χ1) is 11.5. The molecule has 6 nitrogen and oxygen atoms in total. The number of carbonyl (C=O) groups is 1. The third-order valence-electron chi connectivity index (χ3n) is 3.86. The van der Waals surface area contributed by atoms with Crippen molar-refractivity contribution in [1.29, 1.82) is 0 Å². The number of benzene rings is 1. The van der Waals surface area contributed by atoms with Crippen molar-refractivity contribution >= 4 is 17.4 Å². The molecule has 0 bridgehead atoms. The molecule has 126 valence electrons. The third kappa shape index (κ3) is 3.65. The molecule has 8 heteroatoms. The quantitative estimate of drug-likeness (QED) is 0.929. The highest BCUT2D eigenvalue weighted by Gasteiger charge is 2.21. The Hall–Kier alpha value is -2.61. The second-order valence-corrected chi connectivity index (χ2v) is 5.63. The Morgan fingerprint density at radius 1 is 1.12 bits per heavy atom. The molecule has 1 saturated heterocycles. The molecule has 24 heavy (non-hydrogen) atoms. The van der Waals surface area contributed by atoms with Crippen molar-refractivity contribution in [1.82, 2.24) is 19.8 Å². The Morgan fingerprint density at radius 3 is 2.50 bits per heavy atom. The van der Waals surface area contributed by atoms with Crippen LogP contribution in [0.4, 0.5) is 20.3 Å². The lowest BCUT2D eigenvalue weighted by molar-refractivity contribution is 0.0658. The minimum atomic E-state index is -0.727. The zero-order valence-corrected chi connectivity index (χ0v) is 13.2. The maximum atomic E-state index is 13.6. The Kier molecular flexibility index (Phi) is 4.66. The fourth-order valence-corrected chi connectivity index (χ4v) is 2.40. The molecular weight excluding hydrogens is 316 g/mol. The molecule has 1 aromatic carbocycles. The monoisotopic (exact) mass is 333 g/mol. The van der Waals surface area contributed by atoms with Crippen LogP contribution in [0, 0.1) is 11.6 Å². The molecule has 2 aromatic rings. The molecule has 1 aromatic heterocycles. The van der Waals surface area contributed by atoms with Crippen LogP contribution in [0.1, 0.15) is 10.5 Å². The van der Waals surface area contributed by atoms with Crippen molar-refractivity contribution in [2.24, 2.45) is 0 Å². The summed E-state index contributed by atoms with van der Waals surface area (Å²) in [5, 5.41) is 2.70. The maximum Gasteiger partial charge on any atom is 0.274 e. The number of rotatable bonds is 3. The van der Waals surface area contributed by atoms with Gasteiger partial charge in [0.2, 0.25) is 0 Å². The second-order valence-electron chi connectivity index (χ2n) is 5.63. The number of carbonyl (C=O) groups excluding carboxylic acids is 1. The Bertz CT molecular complexity index is 730. The minimum absolute atomic E-state index is 0.0869. The van der Waals surface area contributed by atoms with Gasteiger partial charge in [-0.05, 0) is 19.2 Å². The van der Waals surface area contributed by atoms with Crippen LogP contribution in [0.25, 0.3) is 0 Å². The summed E-state index contributed by atoms with van der Waals surface area (Å²) in [5.74, 6) is -1.28. The van der Waals surface area contributed by atoms with E-state index in [0.29, 0.717) is 13.1 Å². The number of nitrogens with one attached hydrogen (secondary N) is 1. The van der Waals surface area contributed by atoms with Gasteiger partial charge in [-0.15, -0.1) is 0 Å². The van der Waals surface area contributed by atoms with Gasteiger partial charge in [0, 0.05) is 32.2 Å². The van der Waals surface area contributed by atoms with E-state index in [2.05, 4.69) is 20.2 Å². The summed E-state index contributed by atoms with van der Waals surface area (Å²) in [6.45, 7) is 2.95. The van der Waals surface area contributed by atoms with Gasteiger partial charge in [-0.1, -0.05) is 0 Å². The molecule has 0 unspecified atom stereocenters. The average Bonchev–Trinajstić information content (AvgIpc) is 2.58. The number of nitrogens with zero attached hydrogens (tertiary/aromatic N) is 4. The van der Waals surface area contributed by atoms with Crippen LogP contribution < -0.4 is 5.32 Å². The van der Waals surface area contributed by atoms with Crippen LogP contribution in [0.3, 0.4) is 0 Å². The molecule has 1 N–H and O–H groups in total. The molecule has 1 amide bonds. The lowest BCUT2D eigenvalue weighted by Gasteiger charge is -2.32. The lowest BCUT2D eigenvalue weighted by atomic mass is 10.3. The molecule has 0 saturated carbocycles. The van der Waals surface area contributed by atoms with Gasteiger partial charge >= 0.3 is 0 Å². The van der Waals surface area contributed by atoms with E-state index in [1.54, 1.807) is 4.90 Å². The zero-order chi connectivity index (χ0) is 17.1. The first kappa shape index (κ1) is 16.3. The summed E-state index contributed by atoms with van der Waals surface area (Å²) >= 11 is 0. The summed E-state index contributed by atoms with van der Waals surface area (Å²) in [6, 6.07) is 3.20. The standard InChI is InChI=1S/C16H17F2N5O/c1-22-4-6-23(7-5-22)16(24)14-9-20-15(10-19-14)21-13-3-2-11(17)8-12(13)18/h2-3,8-10H,4-7H2,1H3,(H,20,21). The highest BCUT2D eigenvalue weighted by molar-refractivity contribution is 5.92. The minimum Gasteiger partial charge on any atom is -0.337 e. The molecule has 1 aliphatic rings. The molecule has 3 rings (SSSR count). The van der Waals surface area contributed by atoms with Crippen LogP contribution >= 0.6 is 0 Å². The van der Waals surface area contributed by atoms with Gasteiger partial charge < -0.3 is 15.1 Å². The van der Waals surface area contributed by atoms with Gasteiger partial charge in [0.25, 0.3) is 5.91 Å². The fraction of sp³-hybridized carbons (Fsp3) is 0.312. The predicted octanol–water partition coefficient (Wildman–Crippen LogP) is 1.89. The number of aromatic nitrogens is 2. The summed E-state index contributed by atoms with van der Waals surface area (Å²) in [5.41, 5.74) is 0.327. The maximum absolute atomic E-state index is 13.6. The first-order valence-corrected chi connectivity index (χ1v) is 7.55. The van der Waals surface area contributed by atoms with Gasteiger partial charge in [-0.2, -0.15) is 0 Å². The summed E-state index contributed by atoms with van der Waals surface area (Å²) in [7, 11) is 2.01. The second kappa shape index (κ2) is 6.88. The van der Waals surface area contributed by atoms with E-state index >= 15 is 0 Å². The molecular formula is C16H17F2N5O. The SMILES string of the molecule is CN1CCN(C(=O)c2cnc(Nc3ccc(F)cc3F)cn2)CC1. The van der Waals surface area contributed by atoms with Crippen LogP contribution in [0.2, 0.25) is 0 Å². The Labute approximate surface area is 138 Å². The van der Waals surface area contributed by atoms with Crippen molar-refractivity contribution in [3.63, 3.8) is 0 Å². The van der Waals surface area contributed by atoms with Gasteiger partial charge in [0.1, 0.15) is 23.1 Å². The van der Waals surface area contributed by atoms with Gasteiger partial charge in [0.15, 0.2) is 0 Å². The average molecular weight is 333 g/mol. The van der Waals surface area contributed by atoms with Crippen molar-refractivity contribution in [2.75, 3.05) is 38.5 Å². The van der Waals surface area contributed by atoms with Crippen LogP contribution in [-0.2, 0) is 0 Å². The van der Waals surface area contributed by atoms with Gasteiger partial charge in [-0.3, -0.25) is 4.79 Å². The number of hydrogen-bond donors (Lipinski definition) is 1. The number of likely N-dealkylation sites (N-methyl/N-ethyl adjacent to an activating group) is 1. The van der Waals surface area contributed by atoms with E-state index in [-0.39, 0.29) is 23.1 Å². The molecule has 0 spiro atoms. The molecule has 1 fully saturated rings. The molecule has 0 atom stereocenters. The molecule has 0 radical (unpaired) electrons. The van der Waals surface area contributed by atoms with Crippen molar-refractivity contribution < 1.29 is 13.6 Å². The molecule has 1 aliphatic heterocycles. The van der Waals surface area contributed by atoms with E-state index in [4.69, 9.17) is 0 Å². The topological polar surface area (TPSA) is 61.4 Å². The number of piperazine rings is 1. The van der Waals surface area contributed by atoms with Crippen molar-refractivity contribution in [3.05, 3.63) is 47.9 Å². The first-order valence-electron chi connectivity index (χ1n) is 7.55. The smallest absolute Gasteiger partial charge is 0.274 e. The Balaban J connectivity index is 1.68. The summed E-state index contributed by atoms with van der Waals surface area (Å²) < 4.78 is 26.5. The molecule has 2 heterocycles. The van der Waals surface area contributed by atoms with E-state index in [0.717, 1.165) is 25.2 Å². The fourth-order valence-electron chi connectivity index (χ4n) is 2.40. The normalized spacial score (nSPS) is 15.4. The van der Waals surface area contributed by atoms with Crippen LogP contribution in [0.15, 0.2) is 30.6 Å². The van der Waals surface area contributed by atoms with E-state index in [1.807, 2.05) is 7.05 Å². The summed E-state index contributed by atoms with van der Waals surface area (Å²) in [4.78, 5) is 24.4. The number of anilines is 2. The van der Waals surface area contributed by atoms with Crippen molar-refractivity contribution in [2.45, 2.75) is 0 Å². The predicted molar refractivity (Wildman–Crippen MR) is 85.1 cm³/mol. The summed E-state index contributed by atoms with van der Waals surface area (Å²) in [6.07, 6.45) is 2.70. The number of amides is 1. The largest absolute Gasteiger partial charge is 0.337 e. The van der Waals surface area contributed by atoms with Gasteiger partial charge in [-0.25, -0.2) is 18.7 Å². The molecule has 0 aliphatic carbocycles. The zero-order valence-electron chi connectivity index (χ0n) is 13.2. The number of halogens is 2. The van der Waals surface area contributed by atoms with Crippen molar-refractivity contribution in [3.8, 4) is 0 Å². The highest BCUT2D eigenvalue weighted by Crippen LogP contribution is 2.19. The van der Waals surface area contributed by atoms with E-state index < -0.39 is 11.6 Å².